The van der Waals surface area contributed by atoms with E-state index < -0.39 is 0 Å². The lowest BCUT2D eigenvalue weighted by molar-refractivity contribution is -0.121. The molecule has 1 heterocycles. The largest absolute Gasteiger partial charge is 0.369 e. The number of hydrogen-bond acceptors (Lipinski definition) is 5. The molecule has 0 atom stereocenters. The predicted octanol–water partition coefficient (Wildman–Crippen LogP) is 1.68. The lowest BCUT2D eigenvalue weighted by Crippen LogP contribution is -2.21. The Morgan fingerprint density at radius 2 is 2.30 bits per heavy atom. The van der Waals surface area contributed by atoms with E-state index >= 15 is 0 Å². The minimum Gasteiger partial charge on any atom is -0.369 e. The number of halogens is 1. The molecule has 1 aromatic carbocycles. The number of aromatic nitrogens is 4. The van der Waals surface area contributed by atoms with Gasteiger partial charge in [-0.25, -0.2) is 4.68 Å². The second-order valence-electron chi connectivity index (χ2n) is 4.33. The minimum absolute atomic E-state index is 0.0104. The normalized spacial score (nSPS) is 10.8. The Morgan fingerprint density at radius 1 is 1.50 bits per heavy atom. The molecule has 0 aliphatic heterocycles. The van der Waals surface area contributed by atoms with Gasteiger partial charge in [0, 0.05) is 0 Å². The van der Waals surface area contributed by atoms with Crippen molar-refractivity contribution in [1.29, 1.82) is 0 Å². The maximum atomic E-state index is 11.7. The van der Waals surface area contributed by atoms with Crippen molar-refractivity contribution in [2.45, 2.75) is 20.0 Å². The SMILES string of the molecule is CC(C)OCC(=O)Nc1cc(-n2cnnn2)ccc1Cl. The Morgan fingerprint density at radius 3 is 2.95 bits per heavy atom. The van der Waals surface area contributed by atoms with Gasteiger partial charge in [0.2, 0.25) is 5.91 Å². The Labute approximate surface area is 120 Å². The number of nitrogens with zero attached hydrogens (tertiary/aromatic N) is 4. The molecule has 1 N–H and O–H groups in total. The highest BCUT2D eigenvalue weighted by molar-refractivity contribution is 6.33. The van der Waals surface area contributed by atoms with Crippen LogP contribution in [0.25, 0.3) is 5.69 Å². The summed E-state index contributed by atoms with van der Waals surface area (Å²) in [6.07, 6.45) is 1.44. The molecule has 20 heavy (non-hydrogen) atoms. The molecule has 0 saturated carbocycles. The number of amides is 1. The third kappa shape index (κ3) is 3.75. The summed E-state index contributed by atoms with van der Waals surface area (Å²) in [5.41, 5.74) is 1.18. The van der Waals surface area contributed by atoms with Crippen LogP contribution in [0.1, 0.15) is 13.8 Å². The summed E-state index contributed by atoms with van der Waals surface area (Å²) in [5, 5.41) is 14.0. The summed E-state index contributed by atoms with van der Waals surface area (Å²) in [7, 11) is 0. The zero-order valence-corrected chi connectivity index (χ0v) is 11.8. The number of anilines is 1. The van der Waals surface area contributed by atoms with Crippen LogP contribution in [0, 0.1) is 0 Å². The number of benzene rings is 1. The van der Waals surface area contributed by atoms with Gasteiger partial charge < -0.3 is 10.1 Å². The first kappa shape index (κ1) is 14.4. The summed E-state index contributed by atoms with van der Waals surface area (Å²) < 4.78 is 6.69. The summed E-state index contributed by atoms with van der Waals surface area (Å²) in [6, 6.07) is 5.10. The molecule has 0 bridgehead atoms. The van der Waals surface area contributed by atoms with Crippen LogP contribution >= 0.6 is 11.6 Å². The van der Waals surface area contributed by atoms with Crippen molar-refractivity contribution in [3.63, 3.8) is 0 Å². The first-order valence-electron chi connectivity index (χ1n) is 6.00. The fourth-order valence-electron chi connectivity index (χ4n) is 1.46. The molecule has 0 saturated heterocycles. The molecular formula is C12H14ClN5O2. The van der Waals surface area contributed by atoms with Crippen LogP contribution in [0.3, 0.4) is 0 Å². The topological polar surface area (TPSA) is 81.9 Å². The maximum absolute atomic E-state index is 11.7. The van der Waals surface area contributed by atoms with E-state index in [0.717, 1.165) is 0 Å². The van der Waals surface area contributed by atoms with Gasteiger partial charge in [-0.1, -0.05) is 11.6 Å². The van der Waals surface area contributed by atoms with Gasteiger partial charge >= 0.3 is 0 Å². The minimum atomic E-state index is -0.269. The average Bonchev–Trinajstić information content (AvgIpc) is 2.93. The molecule has 0 spiro atoms. The van der Waals surface area contributed by atoms with Crippen LogP contribution in [-0.4, -0.2) is 38.8 Å². The van der Waals surface area contributed by atoms with E-state index in [4.69, 9.17) is 16.3 Å². The highest BCUT2D eigenvalue weighted by Crippen LogP contribution is 2.24. The standard InChI is InChI=1S/C12H14ClN5O2/c1-8(2)20-6-12(19)15-11-5-9(3-4-10(11)13)18-7-14-16-17-18/h3-5,7-8H,6H2,1-2H3,(H,15,19). The van der Waals surface area contributed by atoms with Crippen molar-refractivity contribution in [2.24, 2.45) is 0 Å². The monoisotopic (exact) mass is 295 g/mol. The van der Waals surface area contributed by atoms with Crippen LogP contribution < -0.4 is 5.32 Å². The highest BCUT2D eigenvalue weighted by Gasteiger charge is 2.09. The molecule has 8 heteroatoms. The lowest BCUT2D eigenvalue weighted by Gasteiger charge is -2.10. The van der Waals surface area contributed by atoms with Gasteiger partial charge in [0.25, 0.3) is 0 Å². The number of rotatable bonds is 5. The average molecular weight is 296 g/mol. The Kier molecular flexibility index (Phi) is 4.65. The van der Waals surface area contributed by atoms with E-state index in [2.05, 4.69) is 20.8 Å². The Bertz CT molecular complexity index is 586. The third-order valence-electron chi connectivity index (χ3n) is 2.39. The summed E-state index contributed by atoms with van der Waals surface area (Å²) >= 11 is 6.05. The molecule has 1 aromatic heterocycles. The third-order valence-corrected chi connectivity index (χ3v) is 2.71. The molecule has 2 rings (SSSR count). The number of carbonyl (C=O) groups is 1. The second-order valence-corrected chi connectivity index (χ2v) is 4.73. The fraction of sp³-hybridized carbons (Fsp3) is 0.333. The smallest absolute Gasteiger partial charge is 0.250 e. The molecular weight excluding hydrogens is 282 g/mol. The first-order valence-corrected chi connectivity index (χ1v) is 6.38. The quantitative estimate of drug-likeness (QED) is 0.907. The van der Waals surface area contributed by atoms with Crippen molar-refractivity contribution in [1.82, 2.24) is 20.2 Å². The number of ether oxygens (including phenoxy) is 1. The molecule has 0 unspecified atom stereocenters. The number of tetrazole rings is 1. The highest BCUT2D eigenvalue weighted by atomic mass is 35.5. The van der Waals surface area contributed by atoms with Gasteiger partial charge in [0.15, 0.2) is 0 Å². The molecule has 1 amide bonds. The van der Waals surface area contributed by atoms with Crippen molar-refractivity contribution in [3.05, 3.63) is 29.5 Å². The molecule has 7 nitrogen and oxygen atoms in total. The van der Waals surface area contributed by atoms with Crippen LogP contribution in [-0.2, 0) is 9.53 Å². The fourth-order valence-corrected chi connectivity index (χ4v) is 1.62. The van der Waals surface area contributed by atoms with Crippen molar-refractivity contribution in [2.75, 3.05) is 11.9 Å². The van der Waals surface area contributed by atoms with Gasteiger partial charge in [-0.15, -0.1) is 5.10 Å². The summed E-state index contributed by atoms with van der Waals surface area (Å²) in [4.78, 5) is 11.7. The summed E-state index contributed by atoms with van der Waals surface area (Å²) in [5.74, 6) is -0.269. The molecule has 0 aliphatic carbocycles. The van der Waals surface area contributed by atoms with Gasteiger partial charge in [0.05, 0.1) is 22.5 Å². The maximum Gasteiger partial charge on any atom is 0.250 e. The predicted molar refractivity (Wildman–Crippen MR) is 73.9 cm³/mol. The van der Waals surface area contributed by atoms with Gasteiger partial charge in [-0.2, -0.15) is 0 Å². The molecule has 106 valence electrons. The van der Waals surface area contributed by atoms with E-state index in [1.165, 1.54) is 11.0 Å². The lowest BCUT2D eigenvalue weighted by atomic mass is 10.2. The molecule has 0 radical (unpaired) electrons. The van der Waals surface area contributed by atoms with E-state index in [9.17, 15) is 4.79 Å². The van der Waals surface area contributed by atoms with E-state index in [1.807, 2.05) is 13.8 Å². The van der Waals surface area contributed by atoms with Gasteiger partial charge in [0.1, 0.15) is 12.9 Å². The second kappa shape index (κ2) is 6.44. The van der Waals surface area contributed by atoms with Crippen molar-refractivity contribution in [3.8, 4) is 5.69 Å². The van der Waals surface area contributed by atoms with Crippen LogP contribution in [0.2, 0.25) is 5.02 Å². The van der Waals surface area contributed by atoms with Gasteiger partial charge in [-0.3, -0.25) is 4.79 Å². The van der Waals surface area contributed by atoms with Crippen LogP contribution in [0.4, 0.5) is 5.69 Å². The molecule has 0 fully saturated rings. The number of hydrogen-bond donors (Lipinski definition) is 1. The number of nitrogens with one attached hydrogen (secondary N) is 1. The summed E-state index contributed by atoms with van der Waals surface area (Å²) in [6.45, 7) is 3.69. The van der Waals surface area contributed by atoms with E-state index in [0.29, 0.717) is 16.4 Å². The Balaban J connectivity index is 2.11. The van der Waals surface area contributed by atoms with Crippen molar-refractivity contribution < 1.29 is 9.53 Å². The zero-order valence-electron chi connectivity index (χ0n) is 11.1. The van der Waals surface area contributed by atoms with Crippen LogP contribution in [0.5, 0.6) is 0 Å². The molecule has 2 aromatic rings. The van der Waals surface area contributed by atoms with E-state index in [-0.39, 0.29) is 18.6 Å². The first-order chi connectivity index (χ1) is 9.56. The van der Waals surface area contributed by atoms with Crippen molar-refractivity contribution >= 4 is 23.2 Å². The Hall–Kier alpha value is -1.99. The van der Waals surface area contributed by atoms with Gasteiger partial charge in [-0.05, 0) is 42.5 Å². The number of carbonyl (C=O) groups excluding carboxylic acids is 1. The van der Waals surface area contributed by atoms with E-state index in [1.54, 1.807) is 18.2 Å². The molecule has 0 aliphatic rings. The zero-order chi connectivity index (χ0) is 14.5. The van der Waals surface area contributed by atoms with Crippen LogP contribution in [0.15, 0.2) is 24.5 Å².